The summed E-state index contributed by atoms with van der Waals surface area (Å²) in [4.78, 5) is 33.6. The molecule has 148 valence electrons. The van der Waals surface area contributed by atoms with Crippen LogP contribution in [0.2, 0.25) is 0 Å². The van der Waals surface area contributed by atoms with E-state index in [0.29, 0.717) is 30.8 Å². The third-order valence-corrected chi connectivity index (χ3v) is 7.16. The number of halogens is 1. The highest BCUT2D eigenvalue weighted by atomic mass is 32.2. The van der Waals surface area contributed by atoms with Crippen LogP contribution in [0.15, 0.2) is 35.8 Å². The molecule has 2 aromatic rings. The summed E-state index contributed by atoms with van der Waals surface area (Å²) in [6, 6.07) is 5.98. The molecule has 0 unspecified atom stereocenters. The number of anilines is 1. The number of aromatic nitrogens is 1. The second kappa shape index (κ2) is 8.48. The molecule has 0 saturated carbocycles. The smallest absolute Gasteiger partial charge is 0.246 e. The number of benzene rings is 1. The number of nitrogens with one attached hydrogen (secondary N) is 1. The fourth-order valence-corrected chi connectivity index (χ4v) is 5.32. The molecule has 6 nitrogen and oxygen atoms in total. The van der Waals surface area contributed by atoms with Gasteiger partial charge in [-0.2, -0.15) is 0 Å². The lowest BCUT2D eigenvalue weighted by atomic mass is 10.1. The van der Waals surface area contributed by atoms with E-state index < -0.39 is 6.04 Å². The molecule has 1 aromatic heterocycles. The second-order valence-electron chi connectivity index (χ2n) is 6.81. The zero-order valence-corrected chi connectivity index (χ0v) is 16.8. The number of hydrogen-bond acceptors (Lipinski definition) is 6. The summed E-state index contributed by atoms with van der Waals surface area (Å²) in [5.74, 6) is -0.0217. The van der Waals surface area contributed by atoms with Crippen molar-refractivity contribution in [2.45, 2.75) is 17.7 Å². The van der Waals surface area contributed by atoms with Crippen LogP contribution in [0.4, 0.5) is 9.52 Å². The molecule has 28 heavy (non-hydrogen) atoms. The van der Waals surface area contributed by atoms with Crippen LogP contribution in [0.5, 0.6) is 0 Å². The third-order valence-electron chi connectivity index (χ3n) is 5.02. The fraction of sp³-hybridized carbons (Fsp3) is 0.421. The Morgan fingerprint density at radius 2 is 2.04 bits per heavy atom. The lowest BCUT2D eigenvalue weighted by Crippen LogP contribution is -2.58. The summed E-state index contributed by atoms with van der Waals surface area (Å²) in [7, 11) is 0. The van der Waals surface area contributed by atoms with Crippen molar-refractivity contribution in [2.24, 2.45) is 0 Å². The molecule has 2 atom stereocenters. The van der Waals surface area contributed by atoms with Crippen molar-refractivity contribution in [3.8, 4) is 0 Å². The SMILES string of the molecule is O=C1N[C@H](C(=O)N2CCN(c3nccs3)CC2)CS[C@@H]1Cc1ccccc1F. The van der Waals surface area contributed by atoms with Crippen LogP contribution >= 0.6 is 23.1 Å². The quantitative estimate of drug-likeness (QED) is 0.817. The number of nitrogens with zero attached hydrogens (tertiary/aromatic N) is 3. The van der Waals surface area contributed by atoms with E-state index in [1.807, 2.05) is 10.3 Å². The summed E-state index contributed by atoms with van der Waals surface area (Å²) >= 11 is 3.02. The average molecular weight is 421 g/mol. The van der Waals surface area contributed by atoms with Gasteiger partial charge in [0.2, 0.25) is 11.8 Å². The van der Waals surface area contributed by atoms with E-state index >= 15 is 0 Å². The first kappa shape index (κ1) is 19.2. The summed E-state index contributed by atoms with van der Waals surface area (Å²) in [5.41, 5.74) is 0.526. The minimum absolute atomic E-state index is 0.0380. The van der Waals surface area contributed by atoms with Crippen LogP contribution in [0.3, 0.4) is 0 Å². The van der Waals surface area contributed by atoms with Crippen LogP contribution in [0, 0.1) is 5.82 Å². The minimum atomic E-state index is -0.513. The van der Waals surface area contributed by atoms with Crippen LogP contribution in [-0.2, 0) is 16.0 Å². The van der Waals surface area contributed by atoms with Gasteiger partial charge in [-0.05, 0) is 18.1 Å². The first-order chi connectivity index (χ1) is 13.6. The van der Waals surface area contributed by atoms with Gasteiger partial charge >= 0.3 is 0 Å². The average Bonchev–Trinajstić information content (AvgIpc) is 3.25. The lowest BCUT2D eigenvalue weighted by molar-refractivity contribution is -0.136. The number of amides is 2. The van der Waals surface area contributed by atoms with Gasteiger partial charge in [-0.15, -0.1) is 23.1 Å². The van der Waals surface area contributed by atoms with Crippen LogP contribution in [-0.4, -0.2) is 64.9 Å². The number of carbonyl (C=O) groups excluding carboxylic acids is 2. The van der Waals surface area contributed by atoms with Gasteiger partial charge in [-0.1, -0.05) is 18.2 Å². The molecule has 2 amide bonds. The van der Waals surface area contributed by atoms with Crippen molar-refractivity contribution in [1.29, 1.82) is 0 Å². The van der Waals surface area contributed by atoms with E-state index in [-0.39, 0.29) is 22.9 Å². The Morgan fingerprint density at radius 1 is 1.25 bits per heavy atom. The normalized spacial score (nSPS) is 22.8. The molecule has 0 radical (unpaired) electrons. The molecule has 0 spiro atoms. The largest absolute Gasteiger partial charge is 0.345 e. The summed E-state index contributed by atoms with van der Waals surface area (Å²) in [5, 5.41) is 5.39. The van der Waals surface area contributed by atoms with Gasteiger partial charge in [-0.25, -0.2) is 9.37 Å². The number of piperazine rings is 1. The predicted octanol–water partition coefficient (Wildman–Crippen LogP) is 1.77. The van der Waals surface area contributed by atoms with E-state index in [4.69, 9.17) is 0 Å². The molecule has 0 aliphatic carbocycles. The molecule has 2 aliphatic rings. The number of rotatable bonds is 4. The van der Waals surface area contributed by atoms with E-state index in [2.05, 4.69) is 15.2 Å². The Morgan fingerprint density at radius 3 is 2.71 bits per heavy atom. The molecule has 2 fully saturated rings. The van der Waals surface area contributed by atoms with Gasteiger partial charge in [0, 0.05) is 43.5 Å². The molecule has 1 N–H and O–H groups in total. The van der Waals surface area contributed by atoms with Gasteiger partial charge in [0.1, 0.15) is 11.9 Å². The molecular formula is C19H21FN4O2S2. The highest BCUT2D eigenvalue weighted by Crippen LogP contribution is 2.25. The highest BCUT2D eigenvalue weighted by Gasteiger charge is 2.35. The molecule has 2 saturated heterocycles. The Balaban J connectivity index is 1.30. The molecular weight excluding hydrogens is 399 g/mol. The second-order valence-corrected chi connectivity index (χ2v) is 8.91. The first-order valence-electron chi connectivity index (χ1n) is 9.20. The summed E-state index contributed by atoms with van der Waals surface area (Å²) in [6.45, 7) is 2.72. The van der Waals surface area contributed by atoms with Crippen LogP contribution < -0.4 is 10.2 Å². The lowest BCUT2D eigenvalue weighted by Gasteiger charge is -2.37. The number of thiazole rings is 1. The van der Waals surface area contributed by atoms with E-state index in [1.54, 1.807) is 35.7 Å². The van der Waals surface area contributed by atoms with E-state index in [9.17, 15) is 14.0 Å². The van der Waals surface area contributed by atoms with Crippen molar-refractivity contribution < 1.29 is 14.0 Å². The van der Waals surface area contributed by atoms with Crippen molar-refractivity contribution in [1.82, 2.24) is 15.2 Å². The number of hydrogen-bond donors (Lipinski definition) is 1. The minimum Gasteiger partial charge on any atom is -0.345 e. The first-order valence-corrected chi connectivity index (χ1v) is 11.1. The van der Waals surface area contributed by atoms with Gasteiger partial charge in [0.05, 0.1) is 5.25 Å². The Kier molecular flexibility index (Phi) is 5.82. The maximum atomic E-state index is 13.8. The molecule has 2 aliphatic heterocycles. The molecule has 9 heteroatoms. The molecule has 0 bridgehead atoms. The van der Waals surface area contributed by atoms with Gasteiger partial charge in [0.25, 0.3) is 0 Å². The van der Waals surface area contributed by atoms with Crippen LogP contribution in [0.25, 0.3) is 0 Å². The molecule has 4 rings (SSSR count). The third kappa shape index (κ3) is 4.15. The zero-order valence-electron chi connectivity index (χ0n) is 15.2. The standard InChI is InChI=1S/C19H21FN4O2S2/c20-14-4-2-1-3-13(14)11-16-17(25)22-15(12-28-16)18(26)23-6-8-24(9-7-23)19-21-5-10-27-19/h1-5,10,15-16H,6-9,11-12H2,(H,22,25)/t15-,16+/m0/s1. The number of carbonyl (C=O) groups is 2. The van der Waals surface area contributed by atoms with Crippen molar-refractivity contribution >= 4 is 40.0 Å². The maximum Gasteiger partial charge on any atom is 0.246 e. The van der Waals surface area contributed by atoms with Crippen molar-refractivity contribution in [2.75, 3.05) is 36.8 Å². The Hall–Kier alpha value is -2.13. The summed E-state index contributed by atoms with van der Waals surface area (Å²) < 4.78 is 13.8. The molecule has 1 aromatic carbocycles. The highest BCUT2D eigenvalue weighted by molar-refractivity contribution is 8.00. The van der Waals surface area contributed by atoms with Gasteiger partial charge < -0.3 is 15.1 Å². The number of thioether (sulfide) groups is 1. The van der Waals surface area contributed by atoms with Crippen molar-refractivity contribution in [3.05, 3.63) is 47.2 Å². The molecule has 3 heterocycles. The van der Waals surface area contributed by atoms with Gasteiger partial charge in [0.15, 0.2) is 5.13 Å². The van der Waals surface area contributed by atoms with Crippen LogP contribution in [0.1, 0.15) is 5.56 Å². The maximum absolute atomic E-state index is 13.8. The van der Waals surface area contributed by atoms with E-state index in [0.717, 1.165) is 18.2 Å². The monoisotopic (exact) mass is 420 g/mol. The topological polar surface area (TPSA) is 65.5 Å². The zero-order chi connectivity index (χ0) is 19.5. The van der Waals surface area contributed by atoms with Crippen molar-refractivity contribution in [3.63, 3.8) is 0 Å². The summed E-state index contributed by atoms with van der Waals surface area (Å²) in [6.07, 6.45) is 2.11. The van der Waals surface area contributed by atoms with Gasteiger partial charge in [-0.3, -0.25) is 9.59 Å². The van der Waals surface area contributed by atoms with E-state index in [1.165, 1.54) is 17.8 Å². The predicted molar refractivity (Wildman–Crippen MR) is 109 cm³/mol. The fourth-order valence-electron chi connectivity index (χ4n) is 3.45. The Bertz CT molecular complexity index is 840. The Labute approximate surface area is 171 Å².